The number of hydrogen-bond acceptors (Lipinski definition) is 2. The summed E-state index contributed by atoms with van der Waals surface area (Å²) < 4.78 is 41.4. The molecule has 1 N–H and O–H groups in total. The molecule has 1 saturated carbocycles. The second-order valence-corrected chi connectivity index (χ2v) is 8.48. The molecule has 0 aromatic heterocycles. The van der Waals surface area contributed by atoms with Gasteiger partial charge in [-0.3, -0.25) is 9.69 Å². The number of carbonyl (C=O) groups excluding carboxylic acids is 2. The number of nitrogens with zero attached hydrogens (tertiary/aromatic N) is 2. The molecule has 1 saturated heterocycles. The van der Waals surface area contributed by atoms with E-state index in [1.165, 1.54) is 21.9 Å². The third-order valence-corrected chi connectivity index (χ3v) is 6.15. The smallest absolute Gasteiger partial charge is 0.324 e. The Morgan fingerprint density at radius 1 is 1.03 bits per heavy atom. The predicted octanol–water partition coefficient (Wildman–Crippen LogP) is 5.34. The molecule has 1 spiro atoms. The van der Waals surface area contributed by atoms with Gasteiger partial charge in [-0.15, -0.1) is 0 Å². The SMILES string of the molecule is O=C(CN1C(=O)N(c2ccc(Cl)cc2F)CC12CCCCC2)Nc1cc(F)cc(F)c1. The van der Waals surface area contributed by atoms with Crippen LogP contribution in [0.15, 0.2) is 36.4 Å². The summed E-state index contributed by atoms with van der Waals surface area (Å²) in [6, 6.07) is 6.32. The van der Waals surface area contributed by atoms with E-state index in [2.05, 4.69) is 5.32 Å². The van der Waals surface area contributed by atoms with Crippen LogP contribution in [0.2, 0.25) is 5.02 Å². The van der Waals surface area contributed by atoms with Crippen molar-refractivity contribution in [3.05, 3.63) is 58.9 Å². The van der Waals surface area contributed by atoms with E-state index in [4.69, 9.17) is 11.6 Å². The first-order valence-electron chi connectivity index (χ1n) is 10.1. The predicted molar refractivity (Wildman–Crippen MR) is 112 cm³/mol. The Hall–Kier alpha value is -2.74. The Bertz CT molecular complexity index is 1010. The van der Waals surface area contributed by atoms with E-state index in [0.29, 0.717) is 18.9 Å². The molecule has 1 heterocycles. The van der Waals surface area contributed by atoms with Crippen molar-refractivity contribution in [2.24, 2.45) is 0 Å². The van der Waals surface area contributed by atoms with Crippen LogP contribution in [0.1, 0.15) is 32.1 Å². The zero-order chi connectivity index (χ0) is 22.2. The summed E-state index contributed by atoms with van der Waals surface area (Å²) >= 11 is 5.84. The van der Waals surface area contributed by atoms with Crippen molar-refractivity contribution in [1.82, 2.24) is 4.90 Å². The fourth-order valence-corrected chi connectivity index (χ4v) is 4.69. The van der Waals surface area contributed by atoms with E-state index >= 15 is 0 Å². The van der Waals surface area contributed by atoms with Crippen LogP contribution < -0.4 is 10.2 Å². The quantitative estimate of drug-likeness (QED) is 0.682. The van der Waals surface area contributed by atoms with Crippen LogP contribution in [0.25, 0.3) is 0 Å². The molecule has 9 heteroatoms. The summed E-state index contributed by atoms with van der Waals surface area (Å²) in [5.74, 6) is -2.84. The highest BCUT2D eigenvalue weighted by Crippen LogP contribution is 2.41. The van der Waals surface area contributed by atoms with Gasteiger partial charge in [0, 0.05) is 16.8 Å². The minimum atomic E-state index is -0.819. The first-order valence-corrected chi connectivity index (χ1v) is 10.5. The molecule has 2 aromatic carbocycles. The molecule has 5 nitrogen and oxygen atoms in total. The minimum absolute atomic E-state index is 0.0348. The maximum Gasteiger partial charge on any atom is 0.325 e. The molecule has 164 valence electrons. The second-order valence-electron chi connectivity index (χ2n) is 8.04. The van der Waals surface area contributed by atoms with Gasteiger partial charge in [-0.1, -0.05) is 30.9 Å². The third kappa shape index (κ3) is 4.35. The second kappa shape index (κ2) is 8.42. The molecule has 31 heavy (non-hydrogen) atoms. The normalized spacial score (nSPS) is 18.0. The van der Waals surface area contributed by atoms with Gasteiger partial charge in [-0.2, -0.15) is 0 Å². The molecular formula is C22H21ClF3N3O2. The zero-order valence-electron chi connectivity index (χ0n) is 16.6. The van der Waals surface area contributed by atoms with Crippen molar-refractivity contribution < 1.29 is 22.8 Å². The highest BCUT2D eigenvalue weighted by atomic mass is 35.5. The van der Waals surface area contributed by atoms with Crippen LogP contribution in [0.3, 0.4) is 0 Å². The van der Waals surface area contributed by atoms with Gasteiger partial charge in [0.15, 0.2) is 0 Å². The van der Waals surface area contributed by atoms with E-state index in [9.17, 15) is 22.8 Å². The summed E-state index contributed by atoms with van der Waals surface area (Å²) in [6.45, 7) is -0.0467. The van der Waals surface area contributed by atoms with Gasteiger partial charge in [-0.25, -0.2) is 18.0 Å². The molecule has 2 aromatic rings. The fourth-order valence-electron chi connectivity index (χ4n) is 4.53. The van der Waals surface area contributed by atoms with Crippen molar-refractivity contribution >= 4 is 34.9 Å². The largest absolute Gasteiger partial charge is 0.325 e. The number of anilines is 2. The number of carbonyl (C=O) groups is 2. The molecule has 0 radical (unpaired) electrons. The fraction of sp³-hybridized carbons (Fsp3) is 0.364. The molecule has 2 aliphatic rings. The molecule has 0 atom stereocenters. The number of rotatable bonds is 4. The van der Waals surface area contributed by atoms with Gasteiger partial charge < -0.3 is 10.2 Å². The molecule has 3 amide bonds. The van der Waals surface area contributed by atoms with E-state index in [-0.39, 0.29) is 29.5 Å². The lowest BCUT2D eigenvalue weighted by Crippen LogP contribution is -2.51. The first-order chi connectivity index (χ1) is 14.8. The monoisotopic (exact) mass is 451 g/mol. The number of amides is 3. The van der Waals surface area contributed by atoms with Crippen LogP contribution in [0, 0.1) is 17.5 Å². The van der Waals surface area contributed by atoms with Crippen molar-refractivity contribution in [1.29, 1.82) is 0 Å². The summed E-state index contributed by atoms with van der Waals surface area (Å²) in [5, 5.41) is 2.66. The molecule has 2 fully saturated rings. The van der Waals surface area contributed by atoms with E-state index in [1.54, 1.807) is 0 Å². The molecule has 1 aliphatic heterocycles. The Labute approximate surface area is 182 Å². The summed E-state index contributed by atoms with van der Waals surface area (Å²) in [7, 11) is 0. The van der Waals surface area contributed by atoms with Gasteiger partial charge >= 0.3 is 6.03 Å². The highest BCUT2D eigenvalue weighted by Gasteiger charge is 2.51. The number of nitrogens with one attached hydrogen (secondary N) is 1. The van der Waals surface area contributed by atoms with Crippen LogP contribution >= 0.6 is 11.6 Å². The first kappa shape index (κ1) is 21.5. The standard InChI is InChI=1S/C22H21ClF3N3O2/c23-14-4-5-19(18(26)8-14)28-13-22(6-2-1-3-7-22)29(21(28)31)12-20(30)27-17-10-15(24)9-16(25)11-17/h4-5,8-11H,1-3,6-7,12-13H2,(H,27,30). The minimum Gasteiger partial charge on any atom is -0.324 e. The topological polar surface area (TPSA) is 52.7 Å². The van der Waals surface area contributed by atoms with Crippen LogP contribution in [0.5, 0.6) is 0 Å². The van der Waals surface area contributed by atoms with Gasteiger partial charge in [0.2, 0.25) is 5.91 Å². The molecule has 0 unspecified atom stereocenters. The summed E-state index contributed by atoms with van der Waals surface area (Å²) in [5.41, 5.74) is -0.534. The Kier molecular flexibility index (Phi) is 5.83. The maximum atomic E-state index is 14.5. The maximum absolute atomic E-state index is 14.5. The number of hydrogen-bond donors (Lipinski definition) is 1. The molecule has 1 aliphatic carbocycles. The van der Waals surface area contributed by atoms with E-state index < -0.39 is 34.9 Å². The number of benzene rings is 2. The van der Waals surface area contributed by atoms with Crippen LogP contribution in [-0.4, -0.2) is 35.5 Å². The zero-order valence-corrected chi connectivity index (χ0v) is 17.4. The lowest BCUT2D eigenvalue weighted by Gasteiger charge is -2.39. The molecule has 0 bridgehead atoms. The van der Waals surface area contributed by atoms with Crippen molar-refractivity contribution in [3.8, 4) is 0 Å². The Morgan fingerprint density at radius 2 is 1.71 bits per heavy atom. The molecule has 4 rings (SSSR count). The third-order valence-electron chi connectivity index (χ3n) is 5.92. The highest BCUT2D eigenvalue weighted by molar-refractivity contribution is 6.30. The number of urea groups is 1. The lowest BCUT2D eigenvalue weighted by atomic mass is 9.81. The number of halogens is 4. The van der Waals surface area contributed by atoms with Crippen molar-refractivity contribution in [2.45, 2.75) is 37.6 Å². The van der Waals surface area contributed by atoms with Crippen LogP contribution in [0.4, 0.5) is 29.3 Å². The average molecular weight is 452 g/mol. The summed E-state index contributed by atoms with van der Waals surface area (Å²) in [4.78, 5) is 28.7. The van der Waals surface area contributed by atoms with Gasteiger partial charge in [-0.05, 0) is 43.2 Å². The average Bonchev–Trinajstić information content (AvgIpc) is 2.93. The van der Waals surface area contributed by atoms with E-state index in [0.717, 1.165) is 37.5 Å². The van der Waals surface area contributed by atoms with Crippen molar-refractivity contribution in [2.75, 3.05) is 23.3 Å². The van der Waals surface area contributed by atoms with Crippen LogP contribution in [-0.2, 0) is 4.79 Å². The van der Waals surface area contributed by atoms with E-state index in [1.807, 2.05) is 0 Å². The summed E-state index contributed by atoms with van der Waals surface area (Å²) in [6.07, 6.45) is 4.17. The van der Waals surface area contributed by atoms with Gasteiger partial charge in [0.1, 0.15) is 24.0 Å². The van der Waals surface area contributed by atoms with Gasteiger partial charge in [0.25, 0.3) is 0 Å². The lowest BCUT2D eigenvalue weighted by molar-refractivity contribution is -0.117. The Morgan fingerprint density at radius 3 is 2.35 bits per heavy atom. The molecular weight excluding hydrogens is 431 g/mol. The van der Waals surface area contributed by atoms with Gasteiger partial charge in [0.05, 0.1) is 17.8 Å². The van der Waals surface area contributed by atoms with Crippen molar-refractivity contribution in [3.63, 3.8) is 0 Å². The Balaban J connectivity index is 1.59.